The zero-order chi connectivity index (χ0) is 14.4. The average Bonchev–Trinajstić information content (AvgIpc) is 2.75. The quantitative estimate of drug-likeness (QED) is 0.796. The third-order valence-corrected chi connectivity index (χ3v) is 3.03. The molecule has 1 amide bonds. The van der Waals surface area contributed by atoms with Gasteiger partial charge in [0.2, 0.25) is 5.91 Å². The molecule has 0 aliphatic heterocycles. The molecule has 1 aromatic heterocycles. The zero-order valence-electron chi connectivity index (χ0n) is 12.4. The Morgan fingerprint density at radius 2 is 2.11 bits per heavy atom. The zero-order valence-corrected chi connectivity index (χ0v) is 12.4. The summed E-state index contributed by atoms with van der Waals surface area (Å²) in [6.07, 6.45) is 4.98. The lowest BCUT2D eigenvalue weighted by molar-refractivity contribution is -0.117. The molecule has 0 radical (unpaired) electrons. The molecule has 0 aromatic carbocycles. The molecule has 0 fully saturated rings. The number of carbonyl (C=O) groups is 1. The summed E-state index contributed by atoms with van der Waals surface area (Å²) in [7, 11) is 0. The Bertz CT molecular complexity index is 398. The van der Waals surface area contributed by atoms with Gasteiger partial charge < -0.3 is 11.1 Å². The van der Waals surface area contributed by atoms with Crippen LogP contribution in [-0.4, -0.2) is 22.2 Å². The first-order valence-corrected chi connectivity index (χ1v) is 6.96. The number of nitrogens with zero attached hydrogens (tertiary/aromatic N) is 2. The largest absolute Gasteiger partial charge is 0.330 e. The Morgan fingerprint density at radius 1 is 1.42 bits per heavy atom. The van der Waals surface area contributed by atoms with Crippen molar-refractivity contribution in [3.63, 3.8) is 0 Å². The second-order valence-corrected chi connectivity index (χ2v) is 5.79. The molecule has 19 heavy (non-hydrogen) atoms. The van der Waals surface area contributed by atoms with Gasteiger partial charge in [0, 0.05) is 18.7 Å². The molecule has 0 aliphatic rings. The van der Waals surface area contributed by atoms with E-state index in [1.807, 2.05) is 24.7 Å². The van der Waals surface area contributed by atoms with E-state index in [-0.39, 0.29) is 11.8 Å². The minimum Gasteiger partial charge on any atom is -0.330 e. The highest BCUT2D eigenvalue weighted by Crippen LogP contribution is 2.16. The van der Waals surface area contributed by atoms with Crippen LogP contribution < -0.4 is 11.1 Å². The van der Waals surface area contributed by atoms with Crippen LogP contribution in [0.3, 0.4) is 0 Å². The van der Waals surface area contributed by atoms with Gasteiger partial charge in [0.05, 0.1) is 11.9 Å². The summed E-state index contributed by atoms with van der Waals surface area (Å²) in [4.78, 5) is 11.9. The lowest BCUT2D eigenvalue weighted by atomic mass is 9.94. The van der Waals surface area contributed by atoms with E-state index in [1.165, 1.54) is 0 Å². The molecule has 1 atom stereocenters. The van der Waals surface area contributed by atoms with Gasteiger partial charge in [-0.25, -0.2) is 0 Å². The van der Waals surface area contributed by atoms with Gasteiger partial charge in [0.25, 0.3) is 0 Å². The summed E-state index contributed by atoms with van der Waals surface area (Å²) in [5, 5.41) is 7.07. The highest BCUT2D eigenvalue weighted by atomic mass is 16.1. The van der Waals surface area contributed by atoms with Crippen LogP contribution in [0.5, 0.6) is 0 Å². The standard InChI is InChI=1S/C14H26N4O/c1-10(2)5-12(7-15)6-14(19)17-13-8-16-18(9-13)11(3)4/h8-12H,5-7,15H2,1-4H3,(H,17,19)/t12-/m0/s1. The van der Waals surface area contributed by atoms with Crippen LogP contribution in [-0.2, 0) is 4.79 Å². The minimum absolute atomic E-state index is 0.0133. The van der Waals surface area contributed by atoms with E-state index in [2.05, 4.69) is 24.3 Å². The number of anilines is 1. The Hall–Kier alpha value is -1.36. The number of hydrogen-bond acceptors (Lipinski definition) is 3. The van der Waals surface area contributed by atoms with Crippen LogP contribution in [0.15, 0.2) is 12.4 Å². The Morgan fingerprint density at radius 3 is 2.58 bits per heavy atom. The molecular weight excluding hydrogens is 240 g/mol. The maximum absolute atomic E-state index is 11.9. The second kappa shape index (κ2) is 7.28. The predicted molar refractivity (Wildman–Crippen MR) is 77.9 cm³/mol. The SMILES string of the molecule is CC(C)C[C@H](CN)CC(=O)Nc1cnn(C(C)C)c1. The van der Waals surface area contributed by atoms with E-state index >= 15 is 0 Å². The van der Waals surface area contributed by atoms with Crippen molar-refractivity contribution in [1.82, 2.24) is 9.78 Å². The van der Waals surface area contributed by atoms with Gasteiger partial charge in [-0.1, -0.05) is 13.8 Å². The maximum Gasteiger partial charge on any atom is 0.224 e. The number of rotatable bonds is 7. The molecule has 108 valence electrons. The summed E-state index contributed by atoms with van der Waals surface area (Å²) in [5.74, 6) is 0.824. The monoisotopic (exact) mass is 266 g/mol. The normalized spacial score (nSPS) is 13.0. The molecule has 5 heteroatoms. The number of amides is 1. The molecule has 0 unspecified atom stereocenters. The van der Waals surface area contributed by atoms with E-state index in [4.69, 9.17) is 5.73 Å². The average molecular weight is 266 g/mol. The van der Waals surface area contributed by atoms with E-state index in [0.717, 1.165) is 12.1 Å². The third kappa shape index (κ3) is 5.42. The molecule has 3 N–H and O–H groups in total. The topological polar surface area (TPSA) is 72.9 Å². The number of aromatic nitrogens is 2. The second-order valence-electron chi connectivity index (χ2n) is 5.79. The molecule has 5 nitrogen and oxygen atoms in total. The maximum atomic E-state index is 11.9. The number of nitrogens with one attached hydrogen (secondary N) is 1. The predicted octanol–water partition coefficient (Wildman–Crippen LogP) is 2.41. The van der Waals surface area contributed by atoms with Gasteiger partial charge in [-0.05, 0) is 38.6 Å². The summed E-state index contributed by atoms with van der Waals surface area (Å²) in [5.41, 5.74) is 6.46. The van der Waals surface area contributed by atoms with Gasteiger partial charge in [-0.15, -0.1) is 0 Å². The lowest BCUT2D eigenvalue weighted by Gasteiger charge is -2.16. The smallest absolute Gasteiger partial charge is 0.224 e. The summed E-state index contributed by atoms with van der Waals surface area (Å²) >= 11 is 0. The minimum atomic E-state index is 0.0133. The van der Waals surface area contributed by atoms with Gasteiger partial charge in [0.1, 0.15) is 0 Å². The van der Waals surface area contributed by atoms with Crippen LogP contribution in [0.25, 0.3) is 0 Å². The van der Waals surface area contributed by atoms with Crippen LogP contribution in [0, 0.1) is 11.8 Å². The Kier molecular flexibility index (Phi) is 6.02. The van der Waals surface area contributed by atoms with Crippen molar-refractivity contribution in [3.05, 3.63) is 12.4 Å². The molecule has 0 bridgehead atoms. The molecule has 0 saturated carbocycles. The van der Waals surface area contributed by atoms with E-state index in [1.54, 1.807) is 6.20 Å². The highest BCUT2D eigenvalue weighted by molar-refractivity contribution is 5.90. The molecular formula is C14H26N4O. The third-order valence-electron chi connectivity index (χ3n) is 3.03. The molecule has 1 aromatic rings. The summed E-state index contributed by atoms with van der Waals surface area (Å²) in [6, 6.07) is 0.295. The van der Waals surface area contributed by atoms with Crippen LogP contribution >= 0.6 is 0 Å². The van der Waals surface area contributed by atoms with E-state index in [0.29, 0.717) is 24.9 Å². The van der Waals surface area contributed by atoms with E-state index < -0.39 is 0 Å². The fourth-order valence-corrected chi connectivity index (χ4v) is 2.09. The number of hydrogen-bond donors (Lipinski definition) is 2. The van der Waals surface area contributed by atoms with Crippen molar-refractivity contribution in [2.75, 3.05) is 11.9 Å². The van der Waals surface area contributed by atoms with Crippen LogP contribution in [0.2, 0.25) is 0 Å². The number of nitrogens with two attached hydrogens (primary N) is 1. The first kappa shape index (κ1) is 15.7. The van der Waals surface area contributed by atoms with Crippen molar-refractivity contribution in [3.8, 4) is 0 Å². The Balaban J connectivity index is 2.49. The van der Waals surface area contributed by atoms with E-state index in [9.17, 15) is 4.79 Å². The lowest BCUT2D eigenvalue weighted by Crippen LogP contribution is -2.23. The van der Waals surface area contributed by atoms with Gasteiger partial charge >= 0.3 is 0 Å². The van der Waals surface area contributed by atoms with Crippen molar-refractivity contribution in [2.24, 2.45) is 17.6 Å². The van der Waals surface area contributed by atoms with Crippen molar-refractivity contribution < 1.29 is 4.79 Å². The van der Waals surface area contributed by atoms with Gasteiger partial charge in [0.15, 0.2) is 0 Å². The molecule has 0 aliphatic carbocycles. The van der Waals surface area contributed by atoms with Crippen LogP contribution in [0.4, 0.5) is 5.69 Å². The highest BCUT2D eigenvalue weighted by Gasteiger charge is 2.14. The van der Waals surface area contributed by atoms with Gasteiger partial charge in [-0.3, -0.25) is 9.48 Å². The molecule has 1 rings (SSSR count). The molecule has 0 saturated heterocycles. The van der Waals surface area contributed by atoms with Crippen molar-refractivity contribution >= 4 is 11.6 Å². The summed E-state index contributed by atoms with van der Waals surface area (Å²) in [6.45, 7) is 8.94. The van der Waals surface area contributed by atoms with Crippen LogP contribution in [0.1, 0.15) is 46.6 Å². The summed E-state index contributed by atoms with van der Waals surface area (Å²) < 4.78 is 1.82. The van der Waals surface area contributed by atoms with Crippen molar-refractivity contribution in [1.29, 1.82) is 0 Å². The van der Waals surface area contributed by atoms with Gasteiger partial charge in [-0.2, -0.15) is 5.10 Å². The number of carbonyl (C=O) groups excluding carboxylic acids is 1. The molecule has 1 heterocycles. The fraction of sp³-hybridized carbons (Fsp3) is 0.714. The first-order chi connectivity index (χ1) is 8.92. The van der Waals surface area contributed by atoms with Crippen molar-refractivity contribution in [2.45, 2.75) is 46.6 Å². The fourth-order valence-electron chi connectivity index (χ4n) is 2.09. The first-order valence-electron chi connectivity index (χ1n) is 6.96. The Labute approximate surface area is 115 Å². The molecule has 0 spiro atoms.